The van der Waals surface area contributed by atoms with Crippen molar-refractivity contribution in [2.45, 2.75) is 52.4 Å². The molecule has 76 valence electrons. The van der Waals surface area contributed by atoms with Crippen LogP contribution < -0.4 is 0 Å². The van der Waals surface area contributed by atoms with Crippen molar-refractivity contribution in [3.8, 4) is 0 Å². The first-order valence-electron chi connectivity index (χ1n) is 5.87. The molecule has 0 unspecified atom stereocenters. The summed E-state index contributed by atoms with van der Waals surface area (Å²) in [6.45, 7) is 6.88. The first kappa shape index (κ1) is 9.76. The van der Waals surface area contributed by atoms with Gasteiger partial charge in [0.25, 0.3) is 0 Å². The van der Waals surface area contributed by atoms with Crippen molar-refractivity contribution in [2.75, 3.05) is 0 Å². The normalized spacial score (nSPS) is 14.9. The monoisotopic (exact) mass is 188 g/mol. The van der Waals surface area contributed by atoms with Gasteiger partial charge >= 0.3 is 0 Å². The Morgan fingerprint density at radius 1 is 1.14 bits per heavy atom. The van der Waals surface area contributed by atoms with E-state index in [1.54, 1.807) is 22.3 Å². The highest BCUT2D eigenvalue weighted by Crippen LogP contribution is 2.32. The van der Waals surface area contributed by atoms with Gasteiger partial charge in [0.05, 0.1) is 0 Å². The number of rotatable bonds is 2. The highest BCUT2D eigenvalue weighted by molar-refractivity contribution is 5.45. The summed E-state index contributed by atoms with van der Waals surface area (Å²) in [5.74, 6) is 0.688. The third-order valence-electron chi connectivity index (χ3n) is 3.42. The van der Waals surface area contributed by atoms with Crippen molar-refractivity contribution in [2.24, 2.45) is 0 Å². The first-order valence-corrected chi connectivity index (χ1v) is 5.87. The fraction of sp³-hybridized carbons (Fsp3) is 0.571. The molecule has 0 radical (unpaired) electrons. The Labute approximate surface area is 87.3 Å². The molecule has 2 rings (SSSR count). The fourth-order valence-electron chi connectivity index (χ4n) is 2.68. The van der Waals surface area contributed by atoms with Gasteiger partial charge in [0.15, 0.2) is 0 Å². The van der Waals surface area contributed by atoms with Crippen LogP contribution in [0.25, 0.3) is 0 Å². The van der Waals surface area contributed by atoms with E-state index in [0.717, 1.165) is 0 Å². The SMILES string of the molecule is CCc1ccc(C(C)C)c2c1CCC2. The Morgan fingerprint density at radius 2 is 1.86 bits per heavy atom. The second-order valence-electron chi connectivity index (χ2n) is 4.63. The van der Waals surface area contributed by atoms with Crippen molar-refractivity contribution >= 4 is 0 Å². The van der Waals surface area contributed by atoms with Crippen molar-refractivity contribution in [3.63, 3.8) is 0 Å². The largest absolute Gasteiger partial charge is 0.0613 e. The third-order valence-corrected chi connectivity index (χ3v) is 3.42. The molecule has 0 fully saturated rings. The van der Waals surface area contributed by atoms with E-state index < -0.39 is 0 Å². The van der Waals surface area contributed by atoms with Crippen LogP contribution in [0.3, 0.4) is 0 Å². The molecule has 0 heteroatoms. The van der Waals surface area contributed by atoms with Crippen molar-refractivity contribution in [1.29, 1.82) is 0 Å². The lowest BCUT2D eigenvalue weighted by atomic mass is 9.91. The molecule has 0 aromatic heterocycles. The molecule has 0 aliphatic heterocycles. The van der Waals surface area contributed by atoms with Gasteiger partial charge < -0.3 is 0 Å². The minimum Gasteiger partial charge on any atom is -0.0613 e. The smallest absolute Gasteiger partial charge is 0.0216 e. The van der Waals surface area contributed by atoms with Crippen molar-refractivity contribution in [1.82, 2.24) is 0 Å². The van der Waals surface area contributed by atoms with E-state index in [2.05, 4.69) is 32.9 Å². The van der Waals surface area contributed by atoms with Gasteiger partial charge in [-0.2, -0.15) is 0 Å². The highest BCUT2D eigenvalue weighted by Gasteiger charge is 2.18. The number of hydrogen-bond acceptors (Lipinski definition) is 0. The van der Waals surface area contributed by atoms with Crippen LogP contribution in [-0.2, 0) is 19.3 Å². The lowest BCUT2D eigenvalue weighted by Gasteiger charge is -2.14. The molecule has 1 aromatic carbocycles. The number of fused-ring (bicyclic) bond motifs is 1. The minimum atomic E-state index is 0.688. The average molecular weight is 188 g/mol. The van der Waals surface area contributed by atoms with Gasteiger partial charge in [0.2, 0.25) is 0 Å². The molecule has 1 aliphatic carbocycles. The summed E-state index contributed by atoms with van der Waals surface area (Å²) in [7, 11) is 0. The predicted molar refractivity (Wildman–Crippen MR) is 61.9 cm³/mol. The van der Waals surface area contributed by atoms with Crippen LogP contribution in [-0.4, -0.2) is 0 Å². The highest BCUT2D eigenvalue weighted by atomic mass is 14.2. The van der Waals surface area contributed by atoms with E-state index in [0.29, 0.717) is 5.92 Å². The first-order chi connectivity index (χ1) is 6.74. The van der Waals surface area contributed by atoms with E-state index in [9.17, 15) is 0 Å². The molecule has 0 saturated carbocycles. The summed E-state index contributed by atoms with van der Waals surface area (Å²) in [5.41, 5.74) is 6.54. The minimum absolute atomic E-state index is 0.688. The quantitative estimate of drug-likeness (QED) is 0.661. The van der Waals surface area contributed by atoms with Crippen molar-refractivity contribution < 1.29 is 0 Å². The van der Waals surface area contributed by atoms with E-state index in [1.807, 2.05) is 0 Å². The molecule has 0 bridgehead atoms. The Kier molecular flexibility index (Phi) is 2.62. The van der Waals surface area contributed by atoms with E-state index in [4.69, 9.17) is 0 Å². The lowest BCUT2D eigenvalue weighted by Crippen LogP contribution is -1.99. The summed E-state index contributed by atoms with van der Waals surface area (Å²) in [6.07, 6.45) is 5.20. The molecular weight excluding hydrogens is 168 g/mol. The predicted octanol–water partition coefficient (Wildman–Crippen LogP) is 3.86. The third kappa shape index (κ3) is 1.47. The molecular formula is C14H20. The van der Waals surface area contributed by atoms with Crippen LogP contribution in [0.2, 0.25) is 0 Å². The average Bonchev–Trinajstić information content (AvgIpc) is 2.64. The van der Waals surface area contributed by atoms with Crippen LogP contribution in [0, 0.1) is 0 Å². The Balaban J connectivity index is 2.53. The fourth-order valence-corrected chi connectivity index (χ4v) is 2.68. The lowest BCUT2D eigenvalue weighted by molar-refractivity contribution is 0.838. The molecule has 0 atom stereocenters. The molecule has 1 aliphatic rings. The number of hydrogen-bond donors (Lipinski definition) is 0. The number of aryl methyl sites for hydroxylation is 1. The standard InChI is InChI=1S/C14H20/c1-4-11-8-9-12(10(2)3)14-7-5-6-13(11)14/h8-10H,4-7H2,1-3H3. The molecule has 0 N–H and O–H groups in total. The Hall–Kier alpha value is -0.780. The van der Waals surface area contributed by atoms with Crippen molar-refractivity contribution in [3.05, 3.63) is 34.4 Å². The molecule has 0 amide bonds. The number of benzene rings is 1. The summed E-state index contributed by atoms with van der Waals surface area (Å²) >= 11 is 0. The zero-order chi connectivity index (χ0) is 10.1. The topological polar surface area (TPSA) is 0 Å². The van der Waals surface area contributed by atoms with Gasteiger partial charge in [0, 0.05) is 0 Å². The second kappa shape index (κ2) is 3.76. The van der Waals surface area contributed by atoms with E-state index in [1.165, 1.54) is 25.7 Å². The second-order valence-corrected chi connectivity index (χ2v) is 4.63. The molecule has 0 spiro atoms. The van der Waals surface area contributed by atoms with E-state index >= 15 is 0 Å². The zero-order valence-electron chi connectivity index (χ0n) is 9.56. The van der Waals surface area contributed by atoms with Gasteiger partial charge in [0.1, 0.15) is 0 Å². The van der Waals surface area contributed by atoms with Crippen LogP contribution >= 0.6 is 0 Å². The molecule has 0 saturated heterocycles. The van der Waals surface area contributed by atoms with Gasteiger partial charge in [-0.1, -0.05) is 32.9 Å². The van der Waals surface area contributed by atoms with Gasteiger partial charge in [-0.05, 0) is 53.9 Å². The molecule has 0 heterocycles. The van der Waals surface area contributed by atoms with E-state index in [-0.39, 0.29) is 0 Å². The maximum atomic E-state index is 2.35. The summed E-state index contributed by atoms with van der Waals surface area (Å²) in [4.78, 5) is 0. The summed E-state index contributed by atoms with van der Waals surface area (Å²) in [6, 6.07) is 4.70. The Bertz CT molecular complexity index is 334. The maximum absolute atomic E-state index is 2.35. The van der Waals surface area contributed by atoms with Gasteiger partial charge in [-0.3, -0.25) is 0 Å². The molecule has 14 heavy (non-hydrogen) atoms. The Morgan fingerprint density at radius 3 is 2.50 bits per heavy atom. The zero-order valence-corrected chi connectivity index (χ0v) is 9.56. The summed E-state index contributed by atoms with van der Waals surface area (Å²) < 4.78 is 0. The maximum Gasteiger partial charge on any atom is -0.0216 e. The van der Waals surface area contributed by atoms with Crippen LogP contribution in [0.15, 0.2) is 12.1 Å². The van der Waals surface area contributed by atoms with Crippen LogP contribution in [0.1, 0.15) is 55.4 Å². The summed E-state index contributed by atoms with van der Waals surface area (Å²) in [5, 5.41) is 0. The van der Waals surface area contributed by atoms with Crippen LogP contribution in [0.5, 0.6) is 0 Å². The van der Waals surface area contributed by atoms with Gasteiger partial charge in [-0.25, -0.2) is 0 Å². The molecule has 0 nitrogen and oxygen atoms in total. The van der Waals surface area contributed by atoms with Gasteiger partial charge in [-0.15, -0.1) is 0 Å². The van der Waals surface area contributed by atoms with Crippen LogP contribution in [0.4, 0.5) is 0 Å². The molecule has 1 aromatic rings.